The Morgan fingerprint density at radius 2 is 2.17 bits per heavy atom. The third kappa shape index (κ3) is 2.97. The van der Waals surface area contributed by atoms with Crippen molar-refractivity contribution < 1.29 is 0 Å². The number of benzene rings is 1. The third-order valence-corrected chi connectivity index (χ3v) is 3.73. The summed E-state index contributed by atoms with van der Waals surface area (Å²) in [7, 11) is 4.15. The van der Waals surface area contributed by atoms with Crippen molar-refractivity contribution in [2.75, 3.05) is 20.6 Å². The summed E-state index contributed by atoms with van der Waals surface area (Å²) in [5.74, 6) is 0.954. The minimum absolute atomic E-state index is 0.0720. The Morgan fingerprint density at radius 3 is 2.78 bits per heavy atom. The molecule has 0 radical (unpaired) electrons. The Bertz CT molecular complexity index is 548. The van der Waals surface area contributed by atoms with Crippen LogP contribution in [0, 0.1) is 3.57 Å². The molecule has 1 aromatic heterocycles. The minimum atomic E-state index is -0.0720. The Labute approximate surface area is 126 Å². The number of hydrogen-bond donors (Lipinski definition) is 0. The molecule has 18 heavy (non-hydrogen) atoms. The van der Waals surface area contributed by atoms with Crippen molar-refractivity contribution in [1.82, 2.24) is 14.5 Å². The van der Waals surface area contributed by atoms with Crippen LogP contribution >= 0.6 is 34.2 Å². The number of aromatic nitrogens is 2. The molecule has 0 saturated carbocycles. The summed E-state index contributed by atoms with van der Waals surface area (Å²) in [5, 5.41) is -0.0720. The first-order valence-electron chi connectivity index (χ1n) is 5.93. The highest BCUT2D eigenvalue weighted by molar-refractivity contribution is 14.1. The highest BCUT2D eigenvalue weighted by atomic mass is 127. The van der Waals surface area contributed by atoms with Gasteiger partial charge in [0.15, 0.2) is 0 Å². The number of fused-ring (bicyclic) bond motifs is 1. The van der Waals surface area contributed by atoms with Gasteiger partial charge in [-0.15, -0.1) is 11.6 Å². The predicted octanol–water partition coefficient (Wildman–Crippen LogP) is 3.50. The molecule has 0 fully saturated rings. The summed E-state index contributed by atoms with van der Waals surface area (Å²) >= 11 is 8.54. The van der Waals surface area contributed by atoms with Crippen molar-refractivity contribution in [3.8, 4) is 0 Å². The van der Waals surface area contributed by atoms with E-state index in [1.165, 1.54) is 9.09 Å². The Hall–Kier alpha value is -0.330. The zero-order chi connectivity index (χ0) is 13.3. The smallest absolute Gasteiger partial charge is 0.127 e. The quantitative estimate of drug-likeness (QED) is 0.601. The van der Waals surface area contributed by atoms with Crippen LogP contribution < -0.4 is 0 Å². The van der Waals surface area contributed by atoms with Gasteiger partial charge < -0.3 is 9.47 Å². The summed E-state index contributed by atoms with van der Waals surface area (Å²) in [4.78, 5) is 6.83. The molecule has 0 N–H and O–H groups in total. The monoisotopic (exact) mass is 377 g/mol. The van der Waals surface area contributed by atoms with E-state index in [0.717, 1.165) is 24.4 Å². The van der Waals surface area contributed by atoms with Crippen LogP contribution in [0.25, 0.3) is 11.0 Å². The molecule has 0 saturated heterocycles. The zero-order valence-corrected chi connectivity index (χ0v) is 13.7. The van der Waals surface area contributed by atoms with E-state index in [1.807, 2.05) is 6.92 Å². The second kappa shape index (κ2) is 5.75. The largest absolute Gasteiger partial charge is 0.325 e. The third-order valence-electron chi connectivity index (χ3n) is 2.87. The van der Waals surface area contributed by atoms with Gasteiger partial charge in [-0.05, 0) is 61.8 Å². The predicted molar refractivity (Wildman–Crippen MR) is 85.3 cm³/mol. The lowest BCUT2D eigenvalue weighted by atomic mass is 10.3. The number of nitrogens with zero attached hydrogens (tertiary/aromatic N) is 3. The van der Waals surface area contributed by atoms with Crippen LogP contribution in [0.15, 0.2) is 18.2 Å². The fraction of sp³-hybridized carbons (Fsp3) is 0.462. The molecule has 1 atom stereocenters. The lowest BCUT2D eigenvalue weighted by Gasteiger charge is -2.14. The number of rotatable bonds is 4. The molecule has 98 valence electrons. The molecule has 0 amide bonds. The summed E-state index contributed by atoms with van der Waals surface area (Å²) in [6.45, 7) is 3.87. The molecule has 2 rings (SSSR count). The van der Waals surface area contributed by atoms with Gasteiger partial charge in [0.2, 0.25) is 0 Å². The van der Waals surface area contributed by atoms with Gasteiger partial charge >= 0.3 is 0 Å². The highest BCUT2D eigenvalue weighted by Crippen LogP contribution is 2.25. The maximum Gasteiger partial charge on any atom is 0.127 e. The molecular weight excluding hydrogens is 361 g/mol. The van der Waals surface area contributed by atoms with E-state index in [-0.39, 0.29) is 5.38 Å². The van der Waals surface area contributed by atoms with Gasteiger partial charge in [-0.2, -0.15) is 0 Å². The summed E-state index contributed by atoms with van der Waals surface area (Å²) in [6, 6.07) is 6.34. The summed E-state index contributed by atoms with van der Waals surface area (Å²) < 4.78 is 3.43. The molecule has 3 nitrogen and oxygen atoms in total. The van der Waals surface area contributed by atoms with Crippen molar-refractivity contribution >= 4 is 45.2 Å². The maximum absolute atomic E-state index is 6.24. The van der Waals surface area contributed by atoms with Crippen molar-refractivity contribution in [1.29, 1.82) is 0 Å². The molecule has 0 aliphatic rings. The van der Waals surface area contributed by atoms with Crippen LogP contribution in [-0.4, -0.2) is 35.1 Å². The molecule has 1 aromatic carbocycles. The van der Waals surface area contributed by atoms with Crippen LogP contribution in [0.2, 0.25) is 0 Å². The average molecular weight is 378 g/mol. The van der Waals surface area contributed by atoms with E-state index >= 15 is 0 Å². The van der Waals surface area contributed by atoms with Gasteiger partial charge in [-0.3, -0.25) is 0 Å². The van der Waals surface area contributed by atoms with E-state index in [9.17, 15) is 0 Å². The fourth-order valence-electron chi connectivity index (χ4n) is 1.96. The number of alkyl halides is 1. The van der Waals surface area contributed by atoms with Crippen molar-refractivity contribution in [2.45, 2.75) is 18.8 Å². The van der Waals surface area contributed by atoms with E-state index in [2.05, 4.69) is 69.3 Å². The first-order chi connectivity index (χ1) is 8.49. The van der Waals surface area contributed by atoms with Crippen LogP contribution in [0.3, 0.4) is 0 Å². The van der Waals surface area contributed by atoms with E-state index in [4.69, 9.17) is 11.6 Å². The lowest BCUT2D eigenvalue weighted by Crippen LogP contribution is -2.19. The molecule has 2 aromatic rings. The topological polar surface area (TPSA) is 21.1 Å². The normalized spacial score (nSPS) is 13.4. The van der Waals surface area contributed by atoms with Gasteiger partial charge in [0.1, 0.15) is 5.82 Å². The SMILES string of the molecule is CC(Cl)c1nc2cc(I)ccc2n1CCN(C)C. The Morgan fingerprint density at radius 1 is 1.44 bits per heavy atom. The van der Waals surface area contributed by atoms with Crippen molar-refractivity contribution in [3.05, 3.63) is 27.6 Å². The van der Waals surface area contributed by atoms with Crippen LogP contribution in [0.5, 0.6) is 0 Å². The van der Waals surface area contributed by atoms with Crippen LogP contribution in [0.1, 0.15) is 18.1 Å². The van der Waals surface area contributed by atoms with E-state index in [0.29, 0.717) is 0 Å². The standard InChI is InChI=1S/C13H17ClIN3/c1-9(14)13-16-11-8-10(15)4-5-12(11)18(13)7-6-17(2)3/h4-5,8-9H,6-7H2,1-3H3. The molecule has 0 bridgehead atoms. The maximum atomic E-state index is 6.24. The van der Waals surface area contributed by atoms with Crippen molar-refractivity contribution in [3.63, 3.8) is 0 Å². The Kier molecular flexibility index (Phi) is 4.50. The number of hydrogen-bond acceptors (Lipinski definition) is 2. The second-order valence-electron chi connectivity index (χ2n) is 4.67. The number of imidazole rings is 1. The molecular formula is C13H17ClIN3. The first kappa shape index (κ1) is 14.1. The van der Waals surface area contributed by atoms with Crippen molar-refractivity contribution in [2.24, 2.45) is 0 Å². The molecule has 0 spiro atoms. The molecule has 1 heterocycles. The van der Waals surface area contributed by atoms with Gasteiger partial charge in [-0.25, -0.2) is 4.98 Å². The summed E-state index contributed by atoms with van der Waals surface area (Å²) in [6.07, 6.45) is 0. The minimum Gasteiger partial charge on any atom is -0.325 e. The molecule has 0 aliphatic carbocycles. The van der Waals surface area contributed by atoms with E-state index in [1.54, 1.807) is 0 Å². The molecule has 0 aliphatic heterocycles. The van der Waals surface area contributed by atoms with Gasteiger partial charge in [0.25, 0.3) is 0 Å². The van der Waals surface area contributed by atoms with E-state index < -0.39 is 0 Å². The van der Waals surface area contributed by atoms with Crippen LogP contribution in [0.4, 0.5) is 0 Å². The first-order valence-corrected chi connectivity index (χ1v) is 7.45. The number of halogens is 2. The fourth-order valence-corrected chi connectivity index (χ4v) is 2.60. The second-order valence-corrected chi connectivity index (χ2v) is 6.57. The van der Waals surface area contributed by atoms with Gasteiger partial charge in [0.05, 0.1) is 16.4 Å². The zero-order valence-electron chi connectivity index (χ0n) is 10.8. The summed E-state index contributed by atoms with van der Waals surface area (Å²) in [5.41, 5.74) is 2.20. The van der Waals surface area contributed by atoms with Gasteiger partial charge in [0, 0.05) is 16.7 Å². The molecule has 1 unspecified atom stereocenters. The molecule has 5 heteroatoms. The average Bonchev–Trinajstić information content (AvgIpc) is 2.64. The van der Waals surface area contributed by atoms with Gasteiger partial charge in [-0.1, -0.05) is 0 Å². The Balaban J connectivity index is 2.48. The lowest BCUT2D eigenvalue weighted by molar-refractivity contribution is 0.383. The van der Waals surface area contributed by atoms with Crippen LogP contribution in [-0.2, 0) is 6.54 Å². The highest BCUT2D eigenvalue weighted by Gasteiger charge is 2.14. The number of likely N-dealkylation sites (N-methyl/N-ethyl adjacent to an activating group) is 1.